The molecule has 0 aliphatic heterocycles. The second-order valence-corrected chi connectivity index (χ2v) is 11.7. The number of carbonyl (C=O) groups is 1. The third-order valence-electron chi connectivity index (χ3n) is 4.07. The first kappa shape index (κ1) is 16.2. The molecule has 0 unspecified atom stereocenters. The van der Waals surface area contributed by atoms with Gasteiger partial charge in [0.2, 0.25) is 0 Å². The van der Waals surface area contributed by atoms with Gasteiger partial charge in [0.05, 0.1) is 0 Å². The van der Waals surface area contributed by atoms with Crippen LogP contribution < -0.4 is 0 Å². The van der Waals surface area contributed by atoms with Crippen molar-refractivity contribution in [3.8, 4) is 0 Å². The van der Waals surface area contributed by atoms with Gasteiger partial charge in [-0.15, -0.1) is 0 Å². The summed E-state index contributed by atoms with van der Waals surface area (Å²) in [5, 5.41) is 0. The topological polar surface area (TPSA) is 26.3 Å². The molecule has 0 amide bonds. The first-order chi connectivity index (χ1) is 7.51. The second-order valence-electron chi connectivity index (χ2n) is 4.33. The molecule has 0 saturated carbocycles. The molecule has 0 spiro atoms. The Morgan fingerprint density at radius 1 is 1.06 bits per heavy atom. The molecule has 0 fully saturated rings. The van der Waals surface area contributed by atoms with Crippen molar-refractivity contribution in [3.63, 3.8) is 0 Å². The summed E-state index contributed by atoms with van der Waals surface area (Å²) in [6, 6.07) is 0. The molecule has 0 N–H and O–H groups in total. The summed E-state index contributed by atoms with van der Waals surface area (Å²) in [7, 11) is 0. The van der Waals surface area contributed by atoms with E-state index in [1.807, 2.05) is 6.26 Å². The van der Waals surface area contributed by atoms with Crippen molar-refractivity contribution in [2.75, 3.05) is 36.7 Å². The van der Waals surface area contributed by atoms with Crippen LogP contribution in [0.2, 0.25) is 0 Å². The SMILES string of the molecule is CCP(CC)(CC)(CC)OC(=O)CCSC. The molecule has 0 bridgehead atoms. The van der Waals surface area contributed by atoms with E-state index in [0.29, 0.717) is 6.42 Å². The van der Waals surface area contributed by atoms with E-state index in [4.69, 9.17) is 4.52 Å². The summed E-state index contributed by atoms with van der Waals surface area (Å²) < 4.78 is 6.00. The normalized spacial score (nSPS) is 14.2. The van der Waals surface area contributed by atoms with Crippen molar-refractivity contribution >= 4 is 24.6 Å². The molecule has 0 aromatic rings. The van der Waals surface area contributed by atoms with E-state index in [2.05, 4.69) is 27.7 Å². The van der Waals surface area contributed by atoms with Gasteiger partial charge in [-0.1, -0.05) is 0 Å². The van der Waals surface area contributed by atoms with Gasteiger partial charge in [0.15, 0.2) is 0 Å². The van der Waals surface area contributed by atoms with Crippen molar-refractivity contribution in [2.24, 2.45) is 0 Å². The van der Waals surface area contributed by atoms with Gasteiger partial charge in [-0.05, 0) is 0 Å². The Kier molecular flexibility index (Phi) is 6.96. The van der Waals surface area contributed by atoms with Crippen LogP contribution in [0.25, 0.3) is 0 Å². The third-order valence-corrected chi connectivity index (χ3v) is 11.8. The van der Waals surface area contributed by atoms with E-state index in [1.54, 1.807) is 11.8 Å². The summed E-state index contributed by atoms with van der Waals surface area (Å²) in [6.45, 7) is 6.52. The minimum atomic E-state index is -2.19. The zero-order chi connectivity index (χ0) is 12.7. The van der Waals surface area contributed by atoms with Crippen LogP contribution in [0.3, 0.4) is 0 Å². The molecule has 2 nitrogen and oxygen atoms in total. The molecule has 0 rings (SSSR count). The molecule has 0 radical (unpaired) electrons. The quantitative estimate of drug-likeness (QED) is 0.625. The fraction of sp³-hybridized carbons (Fsp3) is 0.917. The molecule has 0 aromatic heterocycles. The van der Waals surface area contributed by atoms with Gasteiger partial charge in [-0.25, -0.2) is 0 Å². The fourth-order valence-electron chi connectivity index (χ4n) is 2.12. The van der Waals surface area contributed by atoms with E-state index in [0.717, 1.165) is 30.4 Å². The van der Waals surface area contributed by atoms with Gasteiger partial charge in [-0.2, -0.15) is 0 Å². The molecule has 0 aromatic carbocycles. The molecule has 0 aliphatic rings. The average molecular weight is 266 g/mol. The summed E-state index contributed by atoms with van der Waals surface area (Å²) in [5.74, 6) is 0.881. The van der Waals surface area contributed by atoms with E-state index >= 15 is 0 Å². The van der Waals surface area contributed by atoms with Gasteiger partial charge in [0.1, 0.15) is 0 Å². The van der Waals surface area contributed by atoms with Crippen molar-refractivity contribution < 1.29 is 9.32 Å². The predicted octanol–water partition coefficient (Wildman–Crippen LogP) is 3.83. The Balaban J connectivity index is 4.73. The number of thioether (sulfide) groups is 1. The Morgan fingerprint density at radius 2 is 1.50 bits per heavy atom. The van der Waals surface area contributed by atoms with Gasteiger partial charge < -0.3 is 0 Å². The second kappa shape index (κ2) is 6.86. The summed E-state index contributed by atoms with van der Waals surface area (Å²) >= 11 is 1.70. The van der Waals surface area contributed by atoms with Crippen LogP contribution in [-0.4, -0.2) is 42.6 Å². The molecular weight excluding hydrogens is 239 g/mol. The molecular formula is C12H27O2PS. The van der Waals surface area contributed by atoms with Crippen LogP contribution in [0.5, 0.6) is 0 Å². The van der Waals surface area contributed by atoms with Gasteiger partial charge in [0.25, 0.3) is 0 Å². The summed E-state index contributed by atoms with van der Waals surface area (Å²) in [5.41, 5.74) is 0. The van der Waals surface area contributed by atoms with Crippen molar-refractivity contribution in [3.05, 3.63) is 0 Å². The van der Waals surface area contributed by atoms with E-state index in [9.17, 15) is 4.79 Å². The maximum absolute atomic E-state index is 11.9. The van der Waals surface area contributed by atoms with Crippen LogP contribution in [0.1, 0.15) is 34.1 Å². The van der Waals surface area contributed by atoms with Gasteiger partial charge in [-0.3, -0.25) is 0 Å². The van der Waals surface area contributed by atoms with Crippen LogP contribution in [-0.2, 0) is 9.32 Å². The Hall–Kier alpha value is 0.250. The maximum atomic E-state index is 11.9. The molecule has 0 aliphatic carbocycles. The van der Waals surface area contributed by atoms with Crippen LogP contribution in [0.4, 0.5) is 0 Å². The standard InChI is InChI=1S/C12H27O2PS/c1-6-15(7-2,8-3,9-4)14-12(13)10-11-16-5/h6-11H2,1-5H3. The zero-order valence-corrected chi connectivity index (χ0v) is 13.1. The Morgan fingerprint density at radius 3 is 1.81 bits per heavy atom. The number of hydrogen-bond acceptors (Lipinski definition) is 3. The molecule has 16 heavy (non-hydrogen) atoms. The fourth-order valence-corrected chi connectivity index (χ4v) is 6.36. The third kappa shape index (κ3) is 3.63. The molecule has 98 valence electrons. The minimum absolute atomic E-state index is 0.0133. The first-order valence-corrected chi connectivity index (χ1v) is 10.5. The molecule has 0 atom stereocenters. The first-order valence-electron chi connectivity index (χ1n) is 6.23. The van der Waals surface area contributed by atoms with E-state index in [1.165, 1.54) is 0 Å². The van der Waals surface area contributed by atoms with Gasteiger partial charge >= 0.3 is 105 Å². The molecule has 0 heterocycles. The number of carbonyl (C=O) groups excluding carboxylic acids is 1. The Bertz CT molecular complexity index is 204. The zero-order valence-electron chi connectivity index (χ0n) is 11.4. The van der Waals surface area contributed by atoms with Crippen molar-refractivity contribution in [2.45, 2.75) is 34.1 Å². The molecule has 0 saturated heterocycles. The van der Waals surface area contributed by atoms with Crippen LogP contribution in [0, 0.1) is 0 Å². The predicted molar refractivity (Wildman–Crippen MR) is 78.2 cm³/mol. The summed E-state index contributed by atoms with van der Waals surface area (Å²) in [6.07, 6.45) is 6.69. The van der Waals surface area contributed by atoms with E-state index < -0.39 is 6.83 Å². The number of hydrogen-bond donors (Lipinski definition) is 0. The molecule has 4 heteroatoms. The van der Waals surface area contributed by atoms with Crippen LogP contribution in [0.15, 0.2) is 0 Å². The summed E-state index contributed by atoms with van der Waals surface area (Å²) in [4.78, 5) is 11.9. The average Bonchev–Trinajstić information content (AvgIpc) is 2.34. The van der Waals surface area contributed by atoms with Gasteiger partial charge in [0, 0.05) is 0 Å². The van der Waals surface area contributed by atoms with Crippen LogP contribution >= 0.6 is 18.6 Å². The monoisotopic (exact) mass is 266 g/mol. The Labute approximate surface area is 105 Å². The van der Waals surface area contributed by atoms with E-state index in [-0.39, 0.29) is 5.97 Å². The number of rotatable bonds is 8. The van der Waals surface area contributed by atoms with Crippen molar-refractivity contribution in [1.82, 2.24) is 0 Å². The van der Waals surface area contributed by atoms with Crippen molar-refractivity contribution in [1.29, 1.82) is 0 Å².